The fourth-order valence-electron chi connectivity index (χ4n) is 1.58. The molecule has 0 unspecified atom stereocenters. The number of nitrogens with two attached hydrogens (primary N) is 1. The molecule has 100 valence electrons. The molecule has 0 spiro atoms. The number of carbonyl (C=O) groups excluding carboxylic acids is 1. The molecule has 0 aliphatic heterocycles. The number of nitrogen functional groups attached to an aromatic ring is 1. The maximum Gasteiger partial charge on any atom is 0.340 e. The summed E-state index contributed by atoms with van der Waals surface area (Å²) in [6.45, 7) is -0.0549. The second kappa shape index (κ2) is 6.04. The van der Waals surface area contributed by atoms with Gasteiger partial charge in [0.15, 0.2) is 0 Å². The Morgan fingerprint density at radius 1 is 1.45 bits per heavy atom. The van der Waals surface area contributed by atoms with E-state index in [1.54, 1.807) is 18.2 Å². The predicted octanol–water partition coefficient (Wildman–Crippen LogP) is 2.55. The normalized spacial score (nSPS) is 9.80. The molecule has 0 saturated heterocycles. The van der Waals surface area contributed by atoms with Crippen molar-refractivity contribution < 1.29 is 9.53 Å². The minimum atomic E-state index is -0.602. The molecule has 1 heterocycles. The maximum atomic E-state index is 11.9. The van der Waals surface area contributed by atoms with Crippen molar-refractivity contribution in [3.63, 3.8) is 0 Å². The van der Waals surface area contributed by atoms with Crippen molar-refractivity contribution in [1.82, 2.24) is 4.98 Å². The second-order valence-corrected chi connectivity index (χ2v) is 4.35. The molecule has 0 aliphatic carbocycles. The van der Waals surface area contributed by atoms with Gasteiger partial charge in [-0.3, -0.25) is 0 Å². The van der Waals surface area contributed by atoms with Crippen molar-refractivity contribution in [2.45, 2.75) is 6.61 Å². The fraction of sp³-hybridized carbons (Fsp3) is 0.0714. The van der Waals surface area contributed by atoms with Crippen LogP contribution in [0.4, 0.5) is 5.69 Å². The smallest absolute Gasteiger partial charge is 0.340 e. The van der Waals surface area contributed by atoms with Crippen molar-refractivity contribution >= 4 is 23.3 Å². The van der Waals surface area contributed by atoms with Crippen LogP contribution in [0.25, 0.3) is 0 Å². The van der Waals surface area contributed by atoms with E-state index in [-0.39, 0.29) is 22.9 Å². The van der Waals surface area contributed by atoms with Crippen LogP contribution in [0.3, 0.4) is 0 Å². The van der Waals surface area contributed by atoms with Gasteiger partial charge in [-0.2, -0.15) is 5.26 Å². The highest BCUT2D eigenvalue weighted by molar-refractivity contribution is 6.33. The zero-order valence-corrected chi connectivity index (χ0v) is 11.1. The van der Waals surface area contributed by atoms with E-state index in [1.165, 1.54) is 18.3 Å². The summed E-state index contributed by atoms with van der Waals surface area (Å²) in [5.74, 6) is -0.602. The molecule has 0 amide bonds. The van der Waals surface area contributed by atoms with E-state index in [0.29, 0.717) is 11.3 Å². The number of nitriles is 1. The highest BCUT2D eigenvalue weighted by atomic mass is 35.5. The van der Waals surface area contributed by atoms with Gasteiger partial charge in [0.1, 0.15) is 18.4 Å². The van der Waals surface area contributed by atoms with Gasteiger partial charge >= 0.3 is 5.97 Å². The van der Waals surface area contributed by atoms with Gasteiger partial charge in [-0.1, -0.05) is 17.7 Å². The lowest BCUT2D eigenvalue weighted by atomic mass is 10.2. The first kappa shape index (κ1) is 13.8. The van der Waals surface area contributed by atoms with Crippen molar-refractivity contribution in [2.24, 2.45) is 0 Å². The van der Waals surface area contributed by atoms with E-state index in [4.69, 9.17) is 27.3 Å². The number of carbonyl (C=O) groups is 1. The van der Waals surface area contributed by atoms with Gasteiger partial charge < -0.3 is 10.5 Å². The van der Waals surface area contributed by atoms with E-state index in [0.717, 1.165) is 0 Å². The van der Waals surface area contributed by atoms with E-state index in [9.17, 15) is 4.79 Å². The minimum Gasteiger partial charge on any atom is -0.457 e. The highest BCUT2D eigenvalue weighted by Crippen LogP contribution is 2.20. The van der Waals surface area contributed by atoms with E-state index in [1.807, 2.05) is 6.07 Å². The molecule has 0 atom stereocenters. The summed E-state index contributed by atoms with van der Waals surface area (Å²) < 4.78 is 5.12. The topological polar surface area (TPSA) is 89.0 Å². The average molecular weight is 288 g/mol. The maximum absolute atomic E-state index is 11.9. The zero-order chi connectivity index (χ0) is 14.5. The summed E-state index contributed by atoms with van der Waals surface area (Å²) in [4.78, 5) is 15.8. The molecule has 1 aromatic carbocycles. The summed E-state index contributed by atoms with van der Waals surface area (Å²) in [5, 5.41) is 9.15. The predicted molar refractivity (Wildman–Crippen MR) is 73.9 cm³/mol. The van der Waals surface area contributed by atoms with Crippen LogP contribution in [-0.2, 0) is 11.3 Å². The third-order valence-corrected chi connectivity index (χ3v) is 2.90. The molecule has 2 aromatic rings. The highest BCUT2D eigenvalue weighted by Gasteiger charge is 2.13. The largest absolute Gasteiger partial charge is 0.457 e. The Labute approximate surface area is 120 Å². The van der Waals surface area contributed by atoms with Gasteiger partial charge in [0, 0.05) is 17.4 Å². The quantitative estimate of drug-likeness (QED) is 0.692. The van der Waals surface area contributed by atoms with Crippen molar-refractivity contribution in [2.75, 3.05) is 5.73 Å². The molecule has 5 nitrogen and oxygen atoms in total. The summed E-state index contributed by atoms with van der Waals surface area (Å²) in [5.41, 5.74) is 6.96. The molecule has 0 aliphatic rings. The van der Waals surface area contributed by atoms with Crippen molar-refractivity contribution in [3.05, 3.63) is 58.4 Å². The molecule has 0 radical (unpaired) electrons. The lowest BCUT2D eigenvalue weighted by molar-refractivity contribution is 0.0472. The Kier molecular flexibility index (Phi) is 4.18. The summed E-state index contributed by atoms with van der Waals surface area (Å²) in [6.07, 6.45) is 1.50. The minimum absolute atomic E-state index is 0.0549. The first-order chi connectivity index (χ1) is 9.61. The Bertz CT molecular complexity index is 695. The number of halogens is 1. The number of anilines is 1. The second-order valence-electron chi connectivity index (χ2n) is 3.94. The summed E-state index contributed by atoms with van der Waals surface area (Å²) in [7, 11) is 0. The Morgan fingerprint density at radius 2 is 2.25 bits per heavy atom. The monoisotopic (exact) mass is 287 g/mol. The van der Waals surface area contributed by atoms with Gasteiger partial charge in [0.05, 0.1) is 10.6 Å². The molecule has 0 fully saturated rings. The number of benzene rings is 1. The summed E-state index contributed by atoms with van der Waals surface area (Å²) >= 11 is 5.91. The molecular weight excluding hydrogens is 278 g/mol. The van der Waals surface area contributed by atoms with E-state index < -0.39 is 5.97 Å². The van der Waals surface area contributed by atoms with E-state index in [2.05, 4.69) is 4.98 Å². The van der Waals surface area contributed by atoms with Crippen molar-refractivity contribution in [3.8, 4) is 6.07 Å². The molecule has 6 heteroatoms. The lowest BCUT2D eigenvalue weighted by Crippen LogP contribution is -2.08. The van der Waals surface area contributed by atoms with Crippen molar-refractivity contribution in [1.29, 1.82) is 5.26 Å². The fourth-order valence-corrected chi connectivity index (χ4v) is 1.77. The third kappa shape index (κ3) is 3.05. The van der Waals surface area contributed by atoms with Crippen LogP contribution in [0.5, 0.6) is 0 Å². The molecule has 2 rings (SSSR count). The number of esters is 1. The zero-order valence-electron chi connectivity index (χ0n) is 10.3. The van der Waals surface area contributed by atoms with Crippen LogP contribution in [-0.4, -0.2) is 11.0 Å². The molecule has 2 N–H and O–H groups in total. The Morgan fingerprint density at radius 3 is 3.00 bits per heavy atom. The number of hydrogen-bond donors (Lipinski definition) is 1. The third-order valence-electron chi connectivity index (χ3n) is 2.57. The number of pyridine rings is 1. The number of hydrogen-bond acceptors (Lipinski definition) is 5. The number of ether oxygens (including phenoxy) is 1. The van der Waals surface area contributed by atoms with Crippen LogP contribution >= 0.6 is 11.6 Å². The van der Waals surface area contributed by atoms with Gasteiger partial charge in [-0.05, 0) is 24.3 Å². The van der Waals surface area contributed by atoms with Gasteiger partial charge in [-0.25, -0.2) is 9.78 Å². The van der Waals surface area contributed by atoms with Gasteiger partial charge in [0.2, 0.25) is 0 Å². The first-order valence-electron chi connectivity index (χ1n) is 5.68. The van der Waals surface area contributed by atoms with Crippen LogP contribution in [0.2, 0.25) is 5.02 Å². The Hall–Kier alpha value is -2.58. The number of nitrogens with zero attached hydrogens (tertiary/aromatic N) is 2. The molecular formula is C14H10ClN3O2. The SMILES string of the molecule is N#Cc1ncccc1COC(=O)c1cc(N)ccc1Cl. The molecule has 20 heavy (non-hydrogen) atoms. The molecule has 1 aromatic heterocycles. The first-order valence-corrected chi connectivity index (χ1v) is 6.05. The molecule has 0 bridgehead atoms. The lowest BCUT2D eigenvalue weighted by Gasteiger charge is -2.07. The summed E-state index contributed by atoms with van der Waals surface area (Å²) in [6, 6.07) is 9.82. The Balaban J connectivity index is 2.13. The van der Waals surface area contributed by atoms with Crippen LogP contribution in [0.15, 0.2) is 36.5 Å². The van der Waals surface area contributed by atoms with Crippen LogP contribution < -0.4 is 5.73 Å². The van der Waals surface area contributed by atoms with Gasteiger partial charge in [-0.15, -0.1) is 0 Å². The number of rotatable bonds is 3. The van der Waals surface area contributed by atoms with Crippen LogP contribution in [0, 0.1) is 11.3 Å². The van der Waals surface area contributed by atoms with E-state index >= 15 is 0 Å². The van der Waals surface area contributed by atoms with Gasteiger partial charge in [0.25, 0.3) is 0 Å². The average Bonchev–Trinajstić information content (AvgIpc) is 2.47. The van der Waals surface area contributed by atoms with Crippen LogP contribution in [0.1, 0.15) is 21.6 Å². The standard InChI is InChI=1S/C14H10ClN3O2/c15-12-4-3-10(17)6-11(12)14(19)20-8-9-2-1-5-18-13(9)7-16/h1-6H,8,17H2. The number of aromatic nitrogens is 1. The molecule has 0 saturated carbocycles.